The van der Waals surface area contributed by atoms with Crippen molar-refractivity contribution in [3.05, 3.63) is 53.8 Å². The molecule has 0 saturated heterocycles. The molecule has 0 bridgehead atoms. The van der Waals surface area contributed by atoms with Crippen LogP contribution >= 0.6 is 0 Å². The van der Waals surface area contributed by atoms with Crippen LogP contribution < -0.4 is 14.9 Å². The average molecular weight is 346 g/mol. The second kappa shape index (κ2) is 9.27. The molecule has 0 saturated carbocycles. The maximum Gasteiger partial charge on any atom is 0.277 e. The zero-order valence-corrected chi connectivity index (χ0v) is 13.7. The van der Waals surface area contributed by atoms with Crippen molar-refractivity contribution in [2.24, 2.45) is 5.10 Å². The van der Waals surface area contributed by atoms with Crippen LogP contribution in [-0.4, -0.2) is 30.4 Å². The Kier molecular flexibility index (Phi) is 6.76. The zero-order chi connectivity index (χ0) is 18.1. The number of phenolic OH excluding ortho intramolecular Hbond substituents is 1. The van der Waals surface area contributed by atoms with E-state index in [1.54, 1.807) is 18.2 Å². The Morgan fingerprint density at radius 3 is 2.76 bits per heavy atom. The maximum atomic E-state index is 13.0. The van der Waals surface area contributed by atoms with Gasteiger partial charge < -0.3 is 14.6 Å². The number of carbonyl (C=O) groups excluding carboxylic acids is 1. The van der Waals surface area contributed by atoms with E-state index in [1.807, 2.05) is 6.92 Å². The summed E-state index contributed by atoms with van der Waals surface area (Å²) in [6, 6.07) is 10.3. The van der Waals surface area contributed by atoms with Crippen LogP contribution in [0.2, 0.25) is 0 Å². The van der Waals surface area contributed by atoms with E-state index < -0.39 is 11.7 Å². The van der Waals surface area contributed by atoms with E-state index in [9.17, 15) is 14.3 Å². The number of phenols is 1. The first-order valence-electron chi connectivity index (χ1n) is 7.74. The van der Waals surface area contributed by atoms with Gasteiger partial charge in [0.1, 0.15) is 23.1 Å². The number of hydrogen-bond donors (Lipinski definition) is 2. The maximum absolute atomic E-state index is 13.0. The first kappa shape index (κ1) is 18.3. The zero-order valence-electron chi connectivity index (χ0n) is 13.7. The minimum Gasteiger partial charge on any atom is -0.507 e. The van der Waals surface area contributed by atoms with Gasteiger partial charge in [-0.1, -0.05) is 13.0 Å². The number of hydrazone groups is 1. The first-order valence-corrected chi connectivity index (χ1v) is 7.74. The van der Waals surface area contributed by atoms with E-state index in [-0.39, 0.29) is 18.1 Å². The van der Waals surface area contributed by atoms with Crippen molar-refractivity contribution < 1.29 is 23.8 Å². The molecule has 0 radical (unpaired) electrons. The van der Waals surface area contributed by atoms with Crippen LogP contribution in [0, 0.1) is 5.82 Å². The molecule has 132 valence electrons. The Balaban J connectivity index is 1.82. The van der Waals surface area contributed by atoms with Crippen molar-refractivity contribution in [2.45, 2.75) is 13.3 Å². The highest BCUT2D eigenvalue weighted by molar-refractivity contribution is 5.85. The molecule has 0 aromatic heterocycles. The molecule has 7 heteroatoms. The predicted molar refractivity (Wildman–Crippen MR) is 91.5 cm³/mol. The highest BCUT2D eigenvalue weighted by atomic mass is 19.1. The third kappa shape index (κ3) is 6.14. The molecule has 6 nitrogen and oxygen atoms in total. The predicted octanol–water partition coefficient (Wildman–Crippen LogP) is 2.85. The number of rotatable bonds is 8. The molecular weight excluding hydrogens is 327 g/mol. The quantitative estimate of drug-likeness (QED) is 0.569. The Hall–Kier alpha value is -3.09. The van der Waals surface area contributed by atoms with Crippen molar-refractivity contribution in [2.75, 3.05) is 13.2 Å². The van der Waals surface area contributed by atoms with Crippen LogP contribution in [0.4, 0.5) is 4.39 Å². The fourth-order valence-electron chi connectivity index (χ4n) is 1.85. The SMILES string of the molecule is CCCOc1ccc(/C=N/NC(=O)COc2cccc(F)c2)c(O)c1. The standard InChI is InChI=1S/C18H19FN2O4/c1-2-8-24-16-7-6-13(17(22)10-16)11-20-21-18(23)12-25-15-5-3-4-14(19)9-15/h3-7,9-11,22H,2,8,12H2,1H3,(H,21,23)/b20-11+. The summed E-state index contributed by atoms with van der Waals surface area (Å²) >= 11 is 0. The summed E-state index contributed by atoms with van der Waals surface area (Å²) in [5.74, 6) is -0.160. The molecule has 2 aromatic rings. The van der Waals surface area contributed by atoms with Crippen LogP contribution in [-0.2, 0) is 4.79 Å². The molecule has 0 unspecified atom stereocenters. The average Bonchev–Trinajstić information content (AvgIpc) is 2.60. The molecule has 0 atom stereocenters. The van der Waals surface area contributed by atoms with Crippen LogP contribution in [0.3, 0.4) is 0 Å². The van der Waals surface area contributed by atoms with E-state index in [0.29, 0.717) is 17.9 Å². The summed E-state index contributed by atoms with van der Waals surface area (Å²) in [7, 11) is 0. The van der Waals surface area contributed by atoms with Crippen molar-refractivity contribution in [1.82, 2.24) is 5.43 Å². The Bertz CT molecular complexity index is 750. The number of carbonyl (C=O) groups is 1. The second-order valence-corrected chi connectivity index (χ2v) is 5.11. The van der Waals surface area contributed by atoms with Gasteiger partial charge in [0, 0.05) is 17.7 Å². The molecule has 0 aliphatic carbocycles. The van der Waals surface area contributed by atoms with E-state index in [1.165, 1.54) is 30.5 Å². The van der Waals surface area contributed by atoms with Gasteiger partial charge in [-0.25, -0.2) is 9.82 Å². The van der Waals surface area contributed by atoms with Gasteiger partial charge in [0.2, 0.25) is 0 Å². The highest BCUT2D eigenvalue weighted by Crippen LogP contribution is 2.22. The number of hydrogen-bond acceptors (Lipinski definition) is 5. The fourth-order valence-corrected chi connectivity index (χ4v) is 1.85. The van der Waals surface area contributed by atoms with E-state index >= 15 is 0 Å². The summed E-state index contributed by atoms with van der Waals surface area (Å²) in [6.45, 7) is 2.24. The lowest BCUT2D eigenvalue weighted by molar-refractivity contribution is -0.123. The topological polar surface area (TPSA) is 80.2 Å². The summed E-state index contributed by atoms with van der Waals surface area (Å²) in [5.41, 5.74) is 2.69. The fraction of sp³-hybridized carbons (Fsp3) is 0.222. The monoisotopic (exact) mass is 346 g/mol. The Morgan fingerprint density at radius 1 is 1.24 bits per heavy atom. The summed E-state index contributed by atoms with van der Waals surface area (Å²) in [6.07, 6.45) is 2.17. The van der Waals surface area contributed by atoms with Gasteiger partial charge in [-0.15, -0.1) is 0 Å². The number of nitrogens with one attached hydrogen (secondary N) is 1. The number of ether oxygens (including phenoxy) is 2. The second-order valence-electron chi connectivity index (χ2n) is 5.11. The normalized spacial score (nSPS) is 10.6. The molecule has 2 aromatic carbocycles. The van der Waals surface area contributed by atoms with Crippen molar-refractivity contribution >= 4 is 12.1 Å². The minimum absolute atomic E-state index is 0.0115. The van der Waals surface area contributed by atoms with Crippen molar-refractivity contribution in [1.29, 1.82) is 0 Å². The van der Waals surface area contributed by atoms with Crippen LogP contribution in [0.15, 0.2) is 47.6 Å². The van der Waals surface area contributed by atoms with E-state index in [0.717, 1.165) is 6.42 Å². The molecule has 1 amide bonds. The third-order valence-electron chi connectivity index (χ3n) is 3.03. The number of nitrogens with zero attached hydrogens (tertiary/aromatic N) is 1. The van der Waals surface area contributed by atoms with Gasteiger partial charge in [0.15, 0.2) is 6.61 Å². The molecule has 0 spiro atoms. The molecule has 0 aliphatic heterocycles. The van der Waals surface area contributed by atoms with Gasteiger partial charge in [-0.2, -0.15) is 5.10 Å². The molecule has 2 rings (SSSR count). The molecule has 2 N–H and O–H groups in total. The molecule has 0 fully saturated rings. The van der Waals surface area contributed by atoms with Gasteiger partial charge in [-0.05, 0) is 30.7 Å². The van der Waals surface area contributed by atoms with Gasteiger partial charge >= 0.3 is 0 Å². The lowest BCUT2D eigenvalue weighted by atomic mass is 10.2. The number of amides is 1. The van der Waals surface area contributed by atoms with Crippen LogP contribution in [0.25, 0.3) is 0 Å². The summed E-state index contributed by atoms with van der Waals surface area (Å²) < 4.78 is 23.5. The largest absolute Gasteiger partial charge is 0.507 e. The smallest absolute Gasteiger partial charge is 0.277 e. The van der Waals surface area contributed by atoms with E-state index in [4.69, 9.17) is 9.47 Å². The van der Waals surface area contributed by atoms with Crippen molar-refractivity contribution in [3.63, 3.8) is 0 Å². The minimum atomic E-state index is -0.511. The molecule has 0 aliphatic rings. The van der Waals surface area contributed by atoms with E-state index in [2.05, 4.69) is 10.5 Å². The van der Waals surface area contributed by atoms with Crippen LogP contribution in [0.5, 0.6) is 17.2 Å². The van der Waals surface area contributed by atoms with Gasteiger partial charge in [-0.3, -0.25) is 4.79 Å². The molecule has 25 heavy (non-hydrogen) atoms. The van der Waals surface area contributed by atoms with Crippen LogP contribution in [0.1, 0.15) is 18.9 Å². The molecule has 0 heterocycles. The Morgan fingerprint density at radius 2 is 2.04 bits per heavy atom. The molecular formula is C18H19FN2O4. The lowest BCUT2D eigenvalue weighted by Crippen LogP contribution is -2.24. The Labute approximate surface area is 144 Å². The number of benzene rings is 2. The number of aromatic hydroxyl groups is 1. The summed E-state index contributed by atoms with van der Waals surface area (Å²) in [4.78, 5) is 11.6. The summed E-state index contributed by atoms with van der Waals surface area (Å²) in [5, 5.41) is 13.6. The highest BCUT2D eigenvalue weighted by Gasteiger charge is 2.04. The number of halogens is 1. The van der Waals surface area contributed by atoms with Gasteiger partial charge in [0.05, 0.1) is 12.8 Å². The van der Waals surface area contributed by atoms with Gasteiger partial charge in [0.25, 0.3) is 5.91 Å². The lowest BCUT2D eigenvalue weighted by Gasteiger charge is -2.06. The third-order valence-corrected chi connectivity index (χ3v) is 3.03. The van der Waals surface area contributed by atoms with Crippen molar-refractivity contribution in [3.8, 4) is 17.2 Å². The first-order chi connectivity index (χ1) is 12.1.